The van der Waals surface area contributed by atoms with Crippen molar-refractivity contribution in [1.82, 2.24) is 25.6 Å². The van der Waals surface area contributed by atoms with E-state index in [0.29, 0.717) is 35.9 Å². The lowest BCUT2D eigenvalue weighted by Gasteiger charge is -2.31. The molecule has 0 bridgehead atoms. The van der Waals surface area contributed by atoms with Gasteiger partial charge in [-0.05, 0) is 49.7 Å². The van der Waals surface area contributed by atoms with Crippen LogP contribution in [0.1, 0.15) is 44.1 Å². The van der Waals surface area contributed by atoms with Gasteiger partial charge in [-0.1, -0.05) is 24.4 Å². The van der Waals surface area contributed by atoms with Crippen LogP contribution in [0.25, 0.3) is 0 Å². The zero-order valence-corrected chi connectivity index (χ0v) is 19.7. The second-order valence-electron chi connectivity index (χ2n) is 8.77. The molecule has 0 radical (unpaired) electrons. The summed E-state index contributed by atoms with van der Waals surface area (Å²) in [7, 11) is 0. The number of pyridine rings is 1. The number of hydrogen-bond acceptors (Lipinski definition) is 7. The van der Waals surface area contributed by atoms with Gasteiger partial charge in [0.15, 0.2) is 0 Å². The minimum atomic E-state index is -0.773. The highest BCUT2D eigenvalue weighted by Crippen LogP contribution is 2.34. The van der Waals surface area contributed by atoms with Crippen LogP contribution in [0.4, 0.5) is 10.6 Å². The number of anilines is 1. The zero-order chi connectivity index (χ0) is 24.7. The van der Waals surface area contributed by atoms with Gasteiger partial charge >= 0.3 is 6.03 Å². The maximum absolute atomic E-state index is 13.3. The number of carbonyl (C=O) groups excluding carboxylic acids is 4. The molecule has 2 aliphatic rings. The quantitative estimate of drug-likeness (QED) is 0.229. The molecule has 1 saturated heterocycles. The maximum atomic E-state index is 13.3. The fourth-order valence-corrected chi connectivity index (χ4v) is 4.92. The molecule has 1 aliphatic carbocycles. The molecule has 11 nitrogen and oxygen atoms in total. The van der Waals surface area contributed by atoms with Crippen molar-refractivity contribution in [3.8, 4) is 0 Å². The standard InChI is InChI=1S/C22H31ClN6O5/c23-17-10-14(11-26-19(17)24)7-8-25-22(33)27-20(31)18-6-3-9-29(18)21(32)16(12-28(34)13-30)15-4-1-2-5-15/h10-11,13,15-16,18,34H,1-9,12H2,(H2,24,26)(H2,25,27,31,33)/t16?,18-/m0/s1. The third-order valence-electron chi connectivity index (χ3n) is 6.49. The Balaban J connectivity index is 1.54. The third-order valence-corrected chi connectivity index (χ3v) is 6.79. The SMILES string of the molecule is Nc1ncc(CCNC(=O)NC(=O)[C@@H]2CCCN2C(=O)C(CN(O)C=O)C2CCCC2)cc1Cl. The van der Waals surface area contributed by atoms with Gasteiger partial charge < -0.3 is 16.0 Å². The molecule has 12 heteroatoms. The lowest BCUT2D eigenvalue weighted by atomic mass is 9.89. The smallest absolute Gasteiger partial charge is 0.321 e. The molecule has 1 saturated carbocycles. The van der Waals surface area contributed by atoms with Crippen molar-refractivity contribution in [2.45, 2.75) is 51.0 Å². The highest BCUT2D eigenvalue weighted by atomic mass is 35.5. The Morgan fingerprint density at radius 1 is 1.29 bits per heavy atom. The van der Waals surface area contributed by atoms with Gasteiger partial charge in [0.05, 0.1) is 17.5 Å². The Bertz CT molecular complexity index is 910. The fourth-order valence-electron chi connectivity index (χ4n) is 4.73. The molecular formula is C22H31ClN6O5. The van der Waals surface area contributed by atoms with E-state index in [9.17, 15) is 24.4 Å². The van der Waals surface area contributed by atoms with Gasteiger partial charge in [0.1, 0.15) is 11.9 Å². The Labute approximate surface area is 203 Å². The van der Waals surface area contributed by atoms with Gasteiger partial charge in [0.25, 0.3) is 5.91 Å². The van der Waals surface area contributed by atoms with Crippen LogP contribution in [-0.4, -0.2) is 70.1 Å². The number of hydrogen-bond donors (Lipinski definition) is 4. The first kappa shape index (κ1) is 25.7. The monoisotopic (exact) mass is 494 g/mol. The van der Waals surface area contributed by atoms with E-state index in [0.717, 1.165) is 31.2 Å². The molecule has 34 heavy (non-hydrogen) atoms. The molecule has 1 aromatic rings. The average Bonchev–Trinajstić information content (AvgIpc) is 3.51. The molecule has 3 rings (SSSR count). The van der Waals surface area contributed by atoms with Crippen molar-refractivity contribution >= 4 is 41.7 Å². The first-order valence-corrected chi connectivity index (χ1v) is 11.9. The van der Waals surface area contributed by atoms with Gasteiger partial charge in [0, 0.05) is 19.3 Å². The van der Waals surface area contributed by atoms with Crippen LogP contribution >= 0.6 is 11.6 Å². The van der Waals surface area contributed by atoms with Gasteiger partial charge in [-0.25, -0.2) is 14.8 Å². The summed E-state index contributed by atoms with van der Waals surface area (Å²) in [5.74, 6) is -1.13. The van der Waals surface area contributed by atoms with E-state index in [4.69, 9.17) is 17.3 Å². The Hall–Kier alpha value is -2.92. The van der Waals surface area contributed by atoms with E-state index in [2.05, 4.69) is 15.6 Å². The number of carbonyl (C=O) groups is 4. The van der Waals surface area contributed by atoms with E-state index in [-0.39, 0.29) is 37.1 Å². The average molecular weight is 495 g/mol. The summed E-state index contributed by atoms with van der Waals surface area (Å²) in [5.41, 5.74) is 6.36. The molecule has 5 amide bonds. The first-order valence-electron chi connectivity index (χ1n) is 11.5. The second-order valence-corrected chi connectivity index (χ2v) is 9.18. The van der Waals surface area contributed by atoms with Crippen LogP contribution in [0, 0.1) is 11.8 Å². The lowest BCUT2D eigenvalue weighted by molar-refractivity contribution is -0.159. The summed E-state index contributed by atoms with van der Waals surface area (Å²) in [5, 5.41) is 15.5. The number of nitrogens with zero attached hydrogens (tertiary/aromatic N) is 3. The molecule has 5 N–H and O–H groups in total. The van der Waals surface area contributed by atoms with E-state index in [1.807, 2.05) is 0 Å². The molecule has 2 atom stereocenters. The van der Waals surface area contributed by atoms with Crippen molar-refractivity contribution in [2.24, 2.45) is 11.8 Å². The molecule has 2 fully saturated rings. The normalized spacial score (nSPS) is 19.0. The fraction of sp³-hybridized carbons (Fsp3) is 0.591. The summed E-state index contributed by atoms with van der Waals surface area (Å²) >= 11 is 5.94. The van der Waals surface area contributed by atoms with Gasteiger partial charge in [-0.15, -0.1) is 0 Å². The highest BCUT2D eigenvalue weighted by molar-refractivity contribution is 6.32. The van der Waals surface area contributed by atoms with E-state index in [1.165, 1.54) is 4.90 Å². The van der Waals surface area contributed by atoms with E-state index in [1.54, 1.807) is 12.3 Å². The summed E-state index contributed by atoms with van der Waals surface area (Å²) in [4.78, 5) is 54.7. The number of nitrogens with one attached hydrogen (secondary N) is 2. The van der Waals surface area contributed by atoms with Crippen LogP contribution in [0.2, 0.25) is 5.02 Å². The minimum absolute atomic E-state index is 0.0473. The number of urea groups is 1. The number of likely N-dealkylation sites (tertiary alicyclic amines) is 1. The third kappa shape index (κ3) is 6.57. The van der Waals surface area contributed by atoms with Crippen molar-refractivity contribution in [1.29, 1.82) is 0 Å². The number of rotatable bonds is 9. The molecule has 1 unspecified atom stereocenters. The number of amides is 5. The minimum Gasteiger partial charge on any atom is -0.382 e. The number of imide groups is 1. The summed E-state index contributed by atoms with van der Waals surface area (Å²) in [6.45, 7) is 0.525. The molecule has 1 aliphatic heterocycles. The summed E-state index contributed by atoms with van der Waals surface area (Å²) in [6.07, 6.45) is 7.01. The highest BCUT2D eigenvalue weighted by Gasteiger charge is 2.41. The molecule has 0 aromatic carbocycles. The van der Waals surface area contributed by atoms with Crippen LogP contribution in [-0.2, 0) is 20.8 Å². The predicted molar refractivity (Wildman–Crippen MR) is 124 cm³/mol. The van der Waals surface area contributed by atoms with Gasteiger partial charge in [-0.3, -0.25) is 24.9 Å². The number of nitrogen functional groups attached to an aromatic ring is 1. The molecule has 0 spiro atoms. The van der Waals surface area contributed by atoms with E-state index < -0.39 is 23.9 Å². The zero-order valence-electron chi connectivity index (χ0n) is 18.9. The predicted octanol–water partition coefficient (Wildman–Crippen LogP) is 1.33. The van der Waals surface area contributed by atoms with Crippen LogP contribution in [0.5, 0.6) is 0 Å². The largest absolute Gasteiger partial charge is 0.382 e. The van der Waals surface area contributed by atoms with E-state index >= 15 is 0 Å². The molecule has 186 valence electrons. The summed E-state index contributed by atoms with van der Waals surface area (Å²) < 4.78 is 0. The maximum Gasteiger partial charge on any atom is 0.321 e. The Kier molecular flexibility index (Phi) is 9.05. The number of halogens is 1. The molecule has 1 aromatic heterocycles. The summed E-state index contributed by atoms with van der Waals surface area (Å²) in [6, 6.07) is 0.231. The van der Waals surface area contributed by atoms with Crippen molar-refractivity contribution in [3.63, 3.8) is 0 Å². The molecule has 2 heterocycles. The van der Waals surface area contributed by atoms with Crippen LogP contribution in [0.3, 0.4) is 0 Å². The number of nitrogens with two attached hydrogens (primary N) is 1. The van der Waals surface area contributed by atoms with Crippen molar-refractivity contribution < 1.29 is 24.4 Å². The molecular weight excluding hydrogens is 464 g/mol. The topological polar surface area (TPSA) is 158 Å². The van der Waals surface area contributed by atoms with Crippen molar-refractivity contribution in [3.05, 3.63) is 22.8 Å². The van der Waals surface area contributed by atoms with Crippen molar-refractivity contribution in [2.75, 3.05) is 25.4 Å². The number of aromatic nitrogens is 1. The first-order chi connectivity index (χ1) is 16.3. The lowest BCUT2D eigenvalue weighted by Crippen LogP contribution is -2.53. The van der Waals surface area contributed by atoms with Crippen LogP contribution < -0.4 is 16.4 Å². The van der Waals surface area contributed by atoms with Crippen LogP contribution in [0.15, 0.2) is 12.3 Å². The van der Waals surface area contributed by atoms with Gasteiger partial charge in [0.2, 0.25) is 12.3 Å². The second kappa shape index (κ2) is 12.0. The van der Waals surface area contributed by atoms with Gasteiger partial charge in [-0.2, -0.15) is 0 Å². The number of hydroxylamine groups is 2. The Morgan fingerprint density at radius 2 is 2.03 bits per heavy atom. The Morgan fingerprint density at radius 3 is 2.71 bits per heavy atom.